The maximum Gasteiger partial charge on any atom is 0.260 e. The zero-order valence-corrected chi connectivity index (χ0v) is 21.4. The number of aryl methyl sites for hydroxylation is 3. The smallest absolute Gasteiger partial charge is 0.260 e. The zero-order valence-electron chi connectivity index (χ0n) is 19.7. The SMILES string of the molecule is Cc1ccc2sc(N(CCCn3ccnc3)C(=O)c3ccc(-c4ccccc4)cc3)nc2c1C.Cl. The second-order valence-electron chi connectivity index (χ2n) is 8.40. The molecule has 0 bridgehead atoms. The minimum Gasteiger partial charge on any atom is -0.337 e. The van der Waals surface area contributed by atoms with E-state index in [1.807, 2.05) is 58.1 Å². The first-order chi connectivity index (χ1) is 16.6. The molecule has 2 aromatic heterocycles. The molecular weight excluding hydrogens is 476 g/mol. The molecule has 3 aromatic carbocycles. The predicted molar refractivity (Wildman–Crippen MR) is 147 cm³/mol. The molecule has 0 saturated carbocycles. The highest BCUT2D eigenvalue weighted by atomic mass is 35.5. The van der Waals surface area contributed by atoms with E-state index in [0.717, 1.165) is 45.0 Å². The van der Waals surface area contributed by atoms with Gasteiger partial charge in [-0.3, -0.25) is 9.69 Å². The van der Waals surface area contributed by atoms with E-state index in [-0.39, 0.29) is 18.3 Å². The lowest BCUT2D eigenvalue weighted by atomic mass is 10.0. The van der Waals surface area contributed by atoms with Crippen LogP contribution in [-0.4, -0.2) is 27.0 Å². The van der Waals surface area contributed by atoms with Gasteiger partial charge in [-0.1, -0.05) is 59.9 Å². The molecule has 7 heteroatoms. The molecule has 0 N–H and O–H groups in total. The number of halogens is 1. The normalized spacial score (nSPS) is 10.8. The van der Waals surface area contributed by atoms with Gasteiger partial charge in [-0.15, -0.1) is 12.4 Å². The highest BCUT2D eigenvalue weighted by Gasteiger charge is 2.22. The van der Waals surface area contributed by atoms with Crippen LogP contribution in [0.15, 0.2) is 85.5 Å². The molecular formula is C28H27ClN4OS. The molecule has 0 unspecified atom stereocenters. The van der Waals surface area contributed by atoms with E-state index < -0.39 is 0 Å². The van der Waals surface area contributed by atoms with E-state index in [9.17, 15) is 4.79 Å². The van der Waals surface area contributed by atoms with Crippen molar-refractivity contribution < 1.29 is 4.79 Å². The van der Waals surface area contributed by atoms with E-state index in [1.165, 1.54) is 5.56 Å². The minimum absolute atomic E-state index is 0. The van der Waals surface area contributed by atoms with Crippen LogP contribution < -0.4 is 4.90 Å². The van der Waals surface area contributed by atoms with Crippen molar-refractivity contribution in [1.82, 2.24) is 14.5 Å². The van der Waals surface area contributed by atoms with Gasteiger partial charge in [0, 0.05) is 31.0 Å². The molecule has 0 aliphatic heterocycles. The average Bonchev–Trinajstić information content (AvgIpc) is 3.55. The van der Waals surface area contributed by atoms with Gasteiger partial charge in [0.15, 0.2) is 5.13 Å². The molecule has 0 aliphatic carbocycles. The second kappa shape index (κ2) is 10.8. The summed E-state index contributed by atoms with van der Waals surface area (Å²) in [5.41, 5.74) is 6.24. The number of hydrogen-bond acceptors (Lipinski definition) is 4. The molecule has 2 heterocycles. The molecule has 0 aliphatic rings. The highest BCUT2D eigenvalue weighted by Crippen LogP contribution is 2.33. The predicted octanol–water partition coefficient (Wildman–Crippen LogP) is 6.94. The third-order valence-corrected chi connectivity index (χ3v) is 7.19. The first-order valence-electron chi connectivity index (χ1n) is 11.4. The fourth-order valence-corrected chi connectivity index (χ4v) is 5.09. The Morgan fingerprint density at radius 2 is 1.71 bits per heavy atom. The van der Waals surface area contributed by atoms with E-state index in [2.05, 4.69) is 43.1 Å². The summed E-state index contributed by atoms with van der Waals surface area (Å²) in [5, 5.41) is 0.742. The Kier molecular flexibility index (Phi) is 7.63. The minimum atomic E-state index is -0.0290. The van der Waals surface area contributed by atoms with Crippen LogP contribution in [-0.2, 0) is 6.54 Å². The van der Waals surface area contributed by atoms with Gasteiger partial charge >= 0.3 is 0 Å². The van der Waals surface area contributed by atoms with Crippen molar-refractivity contribution in [3.05, 3.63) is 102 Å². The molecule has 35 heavy (non-hydrogen) atoms. The van der Waals surface area contributed by atoms with Gasteiger partial charge in [0.25, 0.3) is 5.91 Å². The first-order valence-corrected chi connectivity index (χ1v) is 12.2. The number of carbonyl (C=O) groups excluding carboxylic acids is 1. The molecule has 178 valence electrons. The number of fused-ring (bicyclic) bond motifs is 1. The monoisotopic (exact) mass is 502 g/mol. The number of carbonyl (C=O) groups is 1. The number of nitrogens with zero attached hydrogens (tertiary/aromatic N) is 4. The number of anilines is 1. The molecule has 0 spiro atoms. The summed E-state index contributed by atoms with van der Waals surface area (Å²) < 4.78 is 3.13. The van der Waals surface area contributed by atoms with Gasteiger partial charge in [0.1, 0.15) is 0 Å². The summed E-state index contributed by atoms with van der Waals surface area (Å²) in [4.78, 5) is 24.5. The Hall–Kier alpha value is -3.48. The molecule has 5 rings (SSSR count). The standard InChI is InChI=1S/C28H26N4OS.ClH/c1-20-9-14-25-26(21(20)2)30-28(34-25)32(17-6-16-31-18-15-29-19-31)27(33)24-12-10-23(11-13-24)22-7-4-3-5-8-22;/h3-5,7-15,18-19H,6,16-17H2,1-2H3;1H. The van der Waals surface area contributed by atoms with Gasteiger partial charge in [0.05, 0.1) is 16.5 Å². The maximum atomic E-state index is 13.7. The molecule has 5 aromatic rings. The lowest BCUT2D eigenvalue weighted by Crippen LogP contribution is -2.32. The Balaban J connectivity index is 0.00000289. The summed E-state index contributed by atoms with van der Waals surface area (Å²) >= 11 is 1.57. The molecule has 0 atom stereocenters. The molecule has 0 radical (unpaired) electrons. The van der Waals surface area contributed by atoms with Crippen LogP contribution in [0.3, 0.4) is 0 Å². The van der Waals surface area contributed by atoms with Crippen molar-refractivity contribution in [2.45, 2.75) is 26.8 Å². The number of amides is 1. The Labute approximate surface area is 215 Å². The van der Waals surface area contributed by atoms with Crippen molar-refractivity contribution in [2.75, 3.05) is 11.4 Å². The van der Waals surface area contributed by atoms with Crippen molar-refractivity contribution in [1.29, 1.82) is 0 Å². The van der Waals surface area contributed by atoms with Gasteiger partial charge in [0.2, 0.25) is 0 Å². The Morgan fingerprint density at radius 1 is 0.971 bits per heavy atom. The fourth-order valence-electron chi connectivity index (χ4n) is 4.04. The molecule has 1 amide bonds. The maximum absolute atomic E-state index is 13.7. The summed E-state index contributed by atoms with van der Waals surface area (Å²) in [6.45, 7) is 5.56. The van der Waals surface area contributed by atoms with Crippen LogP contribution in [0.2, 0.25) is 0 Å². The lowest BCUT2D eigenvalue weighted by Gasteiger charge is -2.20. The summed E-state index contributed by atoms with van der Waals surface area (Å²) in [6.07, 6.45) is 6.32. The van der Waals surface area contributed by atoms with Gasteiger partial charge < -0.3 is 4.57 Å². The van der Waals surface area contributed by atoms with E-state index >= 15 is 0 Å². The molecule has 0 fully saturated rings. The van der Waals surface area contributed by atoms with Crippen molar-refractivity contribution in [2.24, 2.45) is 0 Å². The van der Waals surface area contributed by atoms with Crippen LogP contribution in [0.25, 0.3) is 21.3 Å². The van der Waals surface area contributed by atoms with E-state index in [0.29, 0.717) is 12.1 Å². The number of benzene rings is 3. The third kappa shape index (κ3) is 5.29. The topological polar surface area (TPSA) is 51.0 Å². The van der Waals surface area contributed by atoms with Crippen LogP contribution >= 0.6 is 23.7 Å². The number of rotatable bonds is 7. The van der Waals surface area contributed by atoms with Gasteiger partial charge in [-0.2, -0.15) is 0 Å². The summed E-state index contributed by atoms with van der Waals surface area (Å²) in [7, 11) is 0. The van der Waals surface area contributed by atoms with Gasteiger partial charge in [-0.25, -0.2) is 9.97 Å². The van der Waals surface area contributed by atoms with Crippen LogP contribution in [0, 0.1) is 13.8 Å². The van der Waals surface area contributed by atoms with Crippen molar-refractivity contribution in [3.8, 4) is 11.1 Å². The quantitative estimate of drug-likeness (QED) is 0.242. The number of hydrogen-bond donors (Lipinski definition) is 0. The fraction of sp³-hybridized carbons (Fsp3) is 0.179. The van der Waals surface area contributed by atoms with E-state index in [4.69, 9.17) is 4.98 Å². The largest absolute Gasteiger partial charge is 0.337 e. The molecule has 0 saturated heterocycles. The van der Waals surface area contributed by atoms with Crippen LogP contribution in [0.4, 0.5) is 5.13 Å². The number of thiazole rings is 1. The van der Waals surface area contributed by atoms with E-state index in [1.54, 1.807) is 23.9 Å². The van der Waals surface area contributed by atoms with Gasteiger partial charge in [-0.05, 0) is 60.7 Å². The van der Waals surface area contributed by atoms with Crippen molar-refractivity contribution >= 4 is 45.0 Å². The first kappa shape index (κ1) is 24.6. The highest BCUT2D eigenvalue weighted by molar-refractivity contribution is 7.22. The Bertz CT molecular complexity index is 1410. The van der Waals surface area contributed by atoms with Crippen LogP contribution in [0.5, 0.6) is 0 Å². The molecule has 5 nitrogen and oxygen atoms in total. The number of aromatic nitrogens is 3. The third-order valence-electron chi connectivity index (χ3n) is 6.15. The summed E-state index contributed by atoms with van der Waals surface area (Å²) in [5.74, 6) is -0.0290. The zero-order chi connectivity index (χ0) is 23.5. The average molecular weight is 503 g/mol. The number of imidazole rings is 1. The van der Waals surface area contributed by atoms with Crippen molar-refractivity contribution in [3.63, 3.8) is 0 Å². The van der Waals surface area contributed by atoms with Crippen LogP contribution in [0.1, 0.15) is 27.9 Å². The second-order valence-corrected chi connectivity index (χ2v) is 9.41. The lowest BCUT2D eigenvalue weighted by molar-refractivity contribution is 0.0986. The summed E-state index contributed by atoms with van der Waals surface area (Å²) in [6, 6.07) is 22.3. The Morgan fingerprint density at radius 3 is 2.43 bits per heavy atom.